The molecule has 1 aliphatic carbocycles. The van der Waals surface area contributed by atoms with E-state index in [1.165, 1.54) is 16.8 Å². The minimum absolute atomic E-state index is 0.0772. The van der Waals surface area contributed by atoms with Gasteiger partial charge in [0.1, 0.15) is 0 Å². The first-order chi connectivity index (χ1) is 14.2. The van der Waals surface area contributed by atoms with Crippen molar-refractivity contribution in [3.8, 4) is 0 Å². The molecule has 1 aromatic carbocycles. The molecule has 0 spiro atoms. The van der Waals surface area contributed by atoms with Crippen molar-refractivity contribution in [1.82, 2.24) is 20.0 Å². The molecular formula is C23H32N4O2. The first-order valence-corrected chi connectivity index (χ1v) is 10.9. The zero-order valence-corrected chi connectivity index (χ0v) is 17.6. The van der Waals surface area contributed by atoms with Crippen LogP contribution in [0.25, 0.3) is 0 Å². The highest BCUT2D eigenvalue weighted by Crippen LogP contribution is 2.27. The Morgan fingerprint density at radius 2 is 2.10 bits per heavy atom. The van der Waals surface area contributed by atoms with Crippen molar-refractivity contribution in [2.45, 2.75) is 51.6 Å². The van der Waals surface area contributed by atoms with Gasteiger partial charge in [-0.15, -0.1) is 0 Å². The van der Waals surface area contributed by atoms with Gasteiger partial charge in [-0.05, 0) is 56.7 Å². The molecule has 1 amide bonds. The molecule has 2 aliphatic rings. The fourth-order valence-corrected chi connectivity index (χ4v) is 4.58. The standard InChI is InChI=1S/C23H32N4O2/c1-3-29-14-6-12-24-19-9-10-21-20(15-19)22(25-26(21)2)23(28)27-13-11-17-7-4-5-8-18(17)16-27/h4-5,7-8,19,24H,3,6,9-16H2,1-2H3/t19-/m1/s1. The van der Waals surface area contributed by atoms with Crippen molar-refractivity contribution in [3.63, 3.8) is 0 Å². The summed E-state index contributed by atoms with van der Waals surface area (Å²) < 4.78 is 7.34. The molecule has 0 radical (unpaired) electrons. The highest BCUT2D eigenvalue weighted by Gasteiger charge is 2.31. The van der Waals surface area contributed by atoms with Gasteiger partial charge in [-0.1, -0.05) is 24.3 Å². The van der Waals surface area contributed by atoms with Crippen molar-refractivity contribution in [2.24, 2.45) is 7.05 Å². The molecule has 2 aromatic rings. The van der Waals surface area contributed by atoms with Crippen LogP contribution < -0.4 is 5.32 Å². The second kappa shape index (κ2) is 9.09. The molecule has 0 bridgehead atoms. The normalized spacial score (nSPS) is 18.4. The fourth-order valence-electron chi connectivity index (χ4n) is 4.58. The molecule has 29 heavy (non-hydrogen) atoms. The SMILES string of the molecule is CCOCCCN[C@@H]1CCc2c(c(C(=O)N3CCc4ccccc4C3)nn2C)C1. The van der Waals surface area contributed by atoms with Crippen molar-refractivity contribution >= 4 is 5.91 Å². The summed E-state index contributed by atoms with van der Waals surface area (Å²) >= 11 is 0. The molecule has 6 heteroatoms. The smallest absolute Gasteiger partial charge is 0.274 e. The van der Waals surface area contributed by atoms with Gasteiger partial charge >= 0.3 is 0 Å². The van der Waals surface area contributed by atoms with E-state index in [1.54, 1.807) is 0 Å². The molecule has 0 fully saturated rings. The Morgan fingerprint density at radius 1 is 1.28 bits per heavy atom. The van der Waals surface area contributed by atoms with Crippen LogP contribution in [0.15, 0.2) is 24.3 Å². The minimum atomic E-state index is 0.0772. The van der Waals surface area contributed by atoms with Crippen molar-refractivity contribution in [2.75, 3.05) is 26.3 Å². The second-order valence-corrected chi connectivity index (χ2v) is 8.09. The lowest BCUT2D eigenvalue weighted by Gasteiger charge is -2.29. The Morgan fingerprint density at radius 3 is 2.93 bits per heavy atom. The van der Waals surface area contributed by atoms with E-state index < -0.39 is 0 Å². The van der Waals surface area contributed by atoms with Crippen LogP contribution in [0.1, 0.15) is 52.6 Å². The zero-order chi connectivity index (χ0) is 20.2. The number of aromatic nitrogens is 2. The first kappa shape index (κ1) is 20.1. The number of hydrogen-bond acceptors (Lipinski definition) is 4. The van der Waals surface area contributed by atoms with Crippen LogP contribution >= 0.6 is 0 Å². The molecule has 0 saturated heterocycles. The van der Waals surface area contributed by atoms with E-state index >= 15 is 0 Å². The highest BCUT2D eigenvalue weighted by molar-refractivity contribution is 5.94. The Kier molecular flexibility index (Phi) is 6.31. The van der Waals surface area contributed by atoms with Gasteiger partial charge in [0.2, 0.25) is 0 Å². The van der Waals surface area contributed by atoms with Crippen LogP contribution in [0, 0.1) is 0 Å². The van der Waals surface area contributed by atoms with E-state index in [-0.39, 0.29) is 5.91 Å². The van der Waals surface area contributed by atoms with E-state index in [2.05, 4.69) is 34.7 Å². The summed E-state index contributed by atoms with van der Waals surface area (Å²) in [4.78, 5) is 15.3. The van der Waals surface area contributed by atoms with E-state index in [1.807, 2.05) is 23.6 Å². The van der Waals surface area contributed by atoms with Crippen molar-refractivity contribution < 1.29 is 9.53 Å². The number of amides is 1. The topological polar surface area (TPSA) is 59.4 Å². The average Bonchev–Trinajstić information content (AvgIpc) is 3.08. The van der Waals surface area contributed by atoms with Crippen LogP contribution in [-0.4, -0.2) is 52.9 Å². The van der Waals surface area contributed by atoms with Crippen molar-refractivity contribution in [1.29, 1.82) is 0 Å². The van der Waals surface area contributed by atoms with Gasteiger partial charge in [0.25, 0.3) is 5.91 Å². The van der Waals surface area contributed by atoms with Gasteiger partial charge in [-0.3, -0.25) is 9.48 Å². The van der Waals surface area contributed by atoms with Crippen LogP contribution in [0.2, 0.25) is 0 Å². The summed E-state index contributed by atoms with van der Waals surface area (Å²) in [6.07, 6.45) is 4.87. The van der Waals surface area contributed by atoms with E-state index in [0.717, 1.165) is 64.0 Å². The minimum Gasteiger partial charge on any atom is -0.382 e. The predicted octanol–water partition coefficient (Wildman–Crippen LogP) is 2.49. The number of carbonyl (C=O) groups is 1. The van der Waals surface area contributed by atoms with Gasteiger partial charge < -0.3 is 15.0 Å². The van der Waals surface area contributed by atoms with Crippen LogP contribution in [0.3, 0.4) is 0 Å². The lowest BCUT2D eigenvalue weighted by molar-refractivity contribution is 0.0726. The Bertz CT molecular complexity index is 861. The third-order valence-electron chi connectivity index (χ3n) is 6.18. The molecule has 6 nitrogen and oxygen atoms in total. The predicted molar refractivity (Wildman–Crippen MR) is 113 cm³/mol. The number of nitrogens with one attached hydrogen (secondary N) is 1. The number of hydrogen-bond donors (Lipinski definition) is 1. The molecule has 2 heterocycles. The Labute approximate surface area is 173 Å². The third kappa shape index (κ3) is 4.38. The maximum Gasteiger partial charge on any atom is 0.274 e. The second-order valence-electron chi connectivity index (χ2n) is 8.09. The number of fused-ring (bicyclic) bond motifs is 2. The quantitative estimate of drug-likeness (QED) is 0.731. The summed E-state index contributed by atoms with van der Waals surface area (Å²) in [6.45, 7) is 5.99. The fraction of sp³-hybridized carbons (Fsp3) is 0.565. The van der Waals surface area contributed by atoms with Crippen molar-refractivity contribution in [3.05, 3.63) is 52.3 Å². The molecule has 1 aromatic heterocycles. The number of nitrogens with zero attached hydrogens (tertiary/aromatic N) is 3. The van der Waals surface area contributed by atoms with Gasteiger partial charge in [0, 0.05) is 50.7 Å². The summed E-state index contributed by atoms with van der Waals surface area (Å²) in [7, 11) is 1.97. The Hall–Kier alpha value is -2.18. The van der Waals surface area contributed by atoms with Crippen LogP contribution in [-0.2, 0) is 37.6 Å². The maximum absolute atomic E-state index is 13.3. The number of rotatable bonds is 7. The van der Waals surface area contributed by atoms with E-state index in [9.17, 15) is 4.79 Å². The van der Waals surface area contributed by atoms with Crippen LogP contribution in [0.5, 0.6) is 0 Å². The van der Waals surface area contributed by atoms with E-state index in [4.69, 9.17) is 4.74 Å². The summed E-state index contributed by atoms with van der Waals surface area (Å²) in [6, 6.07) is 8.83. The van der Waals surface area contributed by atoms with Gasteiger partial charge in [0.15, 0.2) is 5.69 Å². The lowest BCUT2D eigenvalue weighted by Crippen LogP contribution is -2.38. The summed E-state index contributed by atoms with van der Waals surface area (Å²) in [5, 5.41) is 8.30. The molecule has 0 saturated carbocycles. The molecule has 4 rings (SSSR count). The summed E-state index contributed by atoms with van der Waals surface area (Å²) in [5.41, 5.74) is 5.63. The largest absolute Gasteiger partial charge is 0.382 e. The van der Waals surface area contributed by atoms with Gasteiger partial charge in [-0.25, -0.2) is 0 Å². The molecule has 1 N–H and O–H groups in total. The lowest BCUT2D eigenvalue weighted by atomic mass is 9.90. The maximum atomic E-state index is 13.3. The van der Waals surface area contributed by atoms with Gasteiger partial charge in [-0.2, -0.15) is 5.10 Å². The summed E-state index contributed by atoms with van der Waals surface area (Å²) in [5.74, 6) is 0.0772. The molecular weight excluding hydrogens is 364 g/mol. The van der Waals surface area contributed by atoms with E-state index in [0.29, 0.717) is 18.3 Å². The Balaban J connectivity index is 1.44. The molecule has 1 atom stereocenters. The number of carbonyl (C=O) groups excluding carboxylic acids is 1. The molecule has 1 aliphatic heterocycles. The average molecular weight is 397 g/mol. The van der Waals surface area contributed by atoms with Crippen LogP contribution in [0.4, 0.5) is 0 Å². The highest BCUT2D eigenvalue weighted by atomic mass is 16.5. The molecule has 0 unspecified atom stereocenters. The van der Waals surface area contributed by atoms with Gasteiger partial charge in [0.05, 0.1) is 0 Å². The number of aryl methyl sites for hydroxylation is 1. The third-order valence-corrected chi connectivity index (χ3v) is 6.18. The monoisotopic (exact) mass is 396 g/mol. The zero-order valence-electron chi connectivity index (χ0n) is 17.6. The number of benzene rings is 1. The first-order valence-electron chi connectivity index (χ1n) is 10.9. The molecule has 156 valence electrons. The number of ether oxygens (including phenoxy) is 1.